The molecule has 5 heteroatoms. The third-order valence-electron chi connectivity index (χ3n) is 1.19. The van der Waals surface area contributed by atoms with Crippen molar-refractivity contribution in [2.45, 2.75) is 13.2 Å². The number of hydrazine groups is 1. The maximum absolute atomic E-state index is 4.92. The number of aliphatic imine (C=N–C) groups is 1. The van der Waals surface area contributed by atoms with Crippen LogP contribution in [0.25, 0.3) is 0 Å². The van der Waals surface area contributed by atoms with Crippen LogP contribution in [0.3, 0.4) is 0 Å². The van der Waals surface area contributed by atoms with Gasteiger partial charge in [0.05, 0.1) is 0 Å². The highest BCUT2D eigenvalue weighted by molar-refractivity contribution is 5.92. The van der Waals surface area contributed by atoms with Crippen LogP contribution in [0.2, 0.25) is 0 Å². The molecule has 5 nitrogen and oxygen atoms in total. The Morgan fingerprint density at radius 1 is 1.73 bits per heavy atom. The molecule has 0 aliphatic carbocycles. The van der Waals surface area contributed by atoms with E-state index in [0.717, 1.165) is 0 Å². The second-order valence-electron chi connectivity index (χ2n) is 2.00. The van der Waals surface area contributed by atoms with Gasteiger partial charge in [-0.2, -0.15) is 0 Å². The van der Waals surface area contributed by atoms with Gasteiger partial charge in [-0.05, 0) is 6.92 Å². The molecular formula is C6H11N3O2. The quantitative estimate of drug-likeness (QED) is 0.589. The zero-order valence-electron chi connectivity index (χ0n) is 6.50. The fourth-order valence-corrected chi connectivity index (χ4v) is 0.580. The molecule has 1 atom stereocenters. The van der Waals surface area contributed by atoms with Crippen molar-refractivity contribution in [1.82, 2.24) is 11.0 Å². The second kappa shape index (κ2) is 3.95. The molecule has 1 aliphatic heterocycles. The molecule has 0 aromatic rings. The molecule has 62 valence electrons. The highest BCUT2D eigenvalue weighted by Gasteiger charge is 2.00. The minimum Gasteiger partial charge on any atom is -0.397 e. The number of hydrogen-bond donors (Lipinski definition) is 2. The minimum absolute atomic E-state index is 0.151. The molecule has 1 rings (SSSR count). The summed E-state index contributed by atoms with van der Waals surface area (Å²) in [6.07, 6.45) is 3.05. The van der Waals surface area contributed by atoms with Gasteiger partial charge < -0.3 is 9.57 Å². The number of amidine groups is 1. The van der Waals surface area contributed by atoms with Crippen LogP contribution in [0.15, 0.2) is 17.3 Å². The molecule has 0 aromatic carbocycles. The van der Waals surface area contributed by atoms with Crippen molar-refractivity contribution in [3.63, 3.8) is 0 Å². The summed E-state index contributed by atoms with van der Waals surface area (Å²) in [6, 6.07) is 0. The molecule has 1 unspecified atom stereocenters. The van der Waals surface area contributed by atoms with Gasteiger partial charge in [-0.25, -0.2) is 4.99 Å². The van der Waals surface area contributed by atoms with E-state index in [-0.39, 0.29) is 6.23 Å². The van der Waals surface area contributed by atoms with E-state index in [1.807, 2.05) is 6.92 Å². The summed E-state index contributed by atoms with van der Waals surface area (Å²) >= 11 is 0. The third-order valence-corrected chi connectivity index (χ3v) is 1.19. The summed E-state index contributed by atoms with van der Waals surface area (Å²) in [5.41, 5.74) is 5.14. The lowest BCUT2D eigenvalue weighted by atomic mass is 10.5. The van der Waals surface area contributed by atoms with E-state index >= 15 is 0 Å². The predicted molar refractivity (Wildman–Crippen MR) is 40.4 cm³/mol. The summed E-state index contributed by atoms with van der Waals surface area (Å²) in [7, 11) is 1.60. The van der Waals surface area contributed by atoms with Gasteiger partial charge in [-0.1, -0.05) is 5.59 Å². The summed E-state index contributed by atoms with van der Waals surface area (Å²) in [6.45, 7) is 1.85. The molecule has 0 radical (unpaired) electrons. The zero-order chi connectivity index (χ0) is 8.10. The Morgan fingerprint density at radius 2 is 2.55 bits per heavy atom. The lowest BCUT2D eigenvalue weighted by molar-refractivity contribution is 0.104. The number of nitrogens with one attached hydrogen (secondary N) is 2. The molecule has 0 bridgehead atoms. The van der Waals surface area contributed by atoms with Crippen molar-refractivity contribution in [2.75, 3.05) is 7.11 Å². The van der Waals surface area contributed by atoms with Crippen molar-refractivity contribution < 1.29 is 9.57 Å². The Kier molecular flexibility index (Phi) is 2.88. The summed E-state index contributed by atoms with van der Waals surface area (Å²) in [4.78, 5) is 8.76. The first-order valence-corrected chi connectivity index (χ1v) is 3.26. The fraction of sp³-hybridized carbons (Fsp3) is 0.500. The molecule has 1 aliphatic rings. The van der Waals surface area contributed by atoms with Crippen LogP contribution in [0, 0.1) is 0 Å². The lowest BCUT2D eigenvalue weighted by Gasteiger charge is -2.12. The molecule has 0 fully saturated rings. The van der Waals surface area contributed by atoms with Gasteiger partial charge in [-0.3, -0.25) is 5.43 Å². The Morgan fingerprint density at radius 3 is 3.09 bits per heavy atom. The average molecular weight is 157 g/mol. The number of nitrogens with zero attached hydrogens (tertiary/aromatic N) is 1. The maximum atomic E-state index is 4.92. The molecule has 0 aromatic heterocycles. The van der Waals surface area contributed by atoms with E-state index in [2.05, 4.69) is 20.8 Å². The standard InChI is InChI=1S/C6H11N3O2/c1-5(10-2)7-6-3-4-11-9-8-6/h3-5,9H,1-2H3,(H,7,8). The first kappa shape index (κ1) is 8.03. The monoisotopic (exact) mass is 157 g/mol. The topological polar surface area (TPSA) is 54.9 Å². The normalized spacial score (nSPS) is 22.5. The van der Waals surface area contributed by atoms with Crippen LogP contribution in [0.5, 0.6) is 0 Å². The number of methoxy groups -OCH3 is 1. The summed E-state index contributed by atoms with van der Waals surface area (Å²) in [5.74, 6) is 0.686. The number of rotatable bonds is 2. The van der Waals surface area contributed by atoms with Gasteiger partial charge in [0.25, 0.3) is 0 Å². The van der Waals surface area contributed by atoms with E-state index in [9.17, 15) is 0 Å². The highest BCUT2D eigenvalue weighted by Crippen LogP contribution is 1.92. The van der Waals surface area contributed by atoms with Crippen molar-refractivity contribution in [1.29, 1.82) is 0 Å². The Bertz CT molecular complexity index is 179. The molecule has 11 heavy (non-hydrogen) atoms. The molecule has 0 saturated carbocycles. The van der Waals surface area contributed by atoms with Gasteiger partial charge in [0.2, 0.25) is 0 Å². The van der Waals surface area contributed by atoms with Crippen LogP contribution in [0.4, 0.5) is 0 Å². The van der Waals surface area contributed by atoms with E-state index in [1.54, 1.807) is 13.2 Å². The second-order valence-corrected chi connectivity index (χ2v) is 2.00. The Hall–Kier alpha value is -1.07. The minimum atomic E-state index is -0.151. The first-order chi connectivity index (χ1) is 5.33. The molecule has 2 N–H and O–H groups in total. The zero-order valence-corrected chi connectivity index (χ0v) is 6.50. The van der Waals surface area contributed by atoms with Gasteiger partial charge in [0.15, 0.2) is 0 Å². The van der Waals surface area contributed by atoms with Gasteiger partial charge in [0, 0.05) is 13.2 Å². The third kappa shape index (κ3) is 2.57. The van der Waals surface area contributed by atoms with E-state index < -0.39 is 0 Å². The van der Waals surface area contributed by atoms with E-state index in [0.29, 0.717) is 5.84 Å². The largest absolute Gasteiger partial charge is 0.397 e. The van der Waals surface area contributed by atoms with Crippen molar-refractivity contribution >= 4 is 5.84 Å². The molecule has 0 amide bonds. The van der Waals surface area contributed by atoms with E-state index in [4.69, 9.17) is 4.74 Å². The fourth-order valence-electron chi connectivity index (χ4n) is 0.580. The number of hydrogen-bond acceptors (Lipinski definition) is 4. The van der Waals surface area contributed by atoms with Crippen LogP contribution in [0.1, 0.15) is 6.92 Å². The summed E-state index contributed by atoms with van der Waals surface area (Å²) < 4.78 is 4.92. The van der Waals surface area contributed by atoms with Gasteiger partial charge >= 0.3 is 0 Å². The smallest absolute Gasteiger partial charge is 0.147 e. The number of ether oxygens (including phenoxy) is 1. The maximum Gasteiger partial charge on any atom is 0.147 e. The van der Waals surface area contributed by atoms with Crippen LogP contribution in [-0.2, 0) is 9.57 Å². The summed E-state index contributed by atoms with van der Waals surface area (Å²) in [5, 5.41) is 0. The van der Waals surface area contributed by atoms with Crippen LogP contribution >= 0.6 is 0 Å². The Balaban J connectivity index is 2.50. The molecule has 0 spiro atoms. The molecule has 0 saturated heterocycles. The molecular weight excluding hydrogens is 146 g/mol. The van der Waals surface area contributed by atoms with Crippen molar-refractivity contribution in [2.24, 2.45) is 4.99 Å². The van der Waals surface area contributed by atoms with Gasteiger partial charge in [-0.15, -0.1) is 0 Å². The van der Waals surface area contributed by atoms with Gasteiger partial charge in [0.1, 0.15) is 18.3 Å². The Labute approximate surface area is 65.0 Å². The van der Waals surface area contributed by atoms with Crippen LogP contribution in [-0.4, -0.2) is 19.2 Å². The van der Waals surface area contributed by atoms with Crippen molar-refractivity contribution in [3.8, 4) is 0 Å². The molecule has 1 heterocycles. The van der Waals surface area contributed by atoms with Crippen molar-refractivity contribution in [3.05, 3.63) is 12.3 Å². The highest BCUT2D eigenvalue weighted by atomic mass is 16.7. The SMILES string of the molecule is COC(C)N=C1C=CONN1. The lowest BCUT2D eigenvalue weighted by Crippen LogP contribution is -2.38. The van der Waals surface area contributed by atoms with E-state index in [1.165, 1.54) is 6.26 Å². The van der Waals surface area contributed by atoms with Crippen LogP contribution < -0.4 is 11.0 Å². The predicted octanol–water partition coefficient (Wildman–Crippen LogP) is -0.0696. The first-order valence-electron chi connectivity index (χ1n) is 3.26. The average Bonchev–Trinajstić information content (AvgIpc) is 2.06.